The molecule has 1 saturated heterocycles. The maximum atomic E-state index is 12.0. The standard InChI is InChI=1S/C15H28N2O3/c1-9(7-10(2)18)8-16-14(19)17-12-11-5-6-20-13(11)15(12,3)4/h9-13,18H,5-8H2,1-4H3,(H2,16,17,19). The van der Waals surface area contributed by atoms with Crippen LogP contribution in [0.2, 0.25) is 0 Å². The number of carbonyl (C=O) groups is 1. The van der Waals surface area contributed by atoms with Crippen LogP contribution >= 0.6 is 0 Å². The Morgan fingerprint density at radius 1 is 1.45 bits per heavy atom. The second-order valence-corrected chi connectivity index (χ2v) is 7.09. The number of ether oxygens (including phenoxy) is 1. The van der Waals surface area contributed by atoms with E-state index in [0.717, 1.165) is 13.0 Å². The van der Waals surface area contributed by atoms with Gasteiger partial charge in [-0.05, 0) is 25.7 Å². The Hall–Kier alpha value is -0.810. The summed E-state index contributed by atoms with van der Waals surface area (Å²) in [4.78, 5) is 12.0. The van der Waals surface area contributed by atoms with Crippen LogP contribution in [0.1, 0.15) is 40.5 Å². The monoisotopic (exact) mass is 284 g/mol. The number of aliphatic hydroxyl groups excluding tert-OH is 1. The van der Waals surface area contributed by atoms with Crippen LogP contribution in [0.3, 0.4) is 0 Å². The van der Waals surface area contributed by atoms with E-state index in [9.17, 15) is 9.90 Å². The van der Waals surface area contributed by atoms with Crippen molar-refractivity contribution in [3.05, 3.63) is 0 Å². The largest absolute Gasteiger partial charge is 0.393 e. The Bertz CT molecular complexity index is 357. The first-order chi connectivity index (χ1) is 9.32. The van der Waals surface area contributed by atoms with Crippen molar-refractivity contribution < 1.29 is 14.6 Å². The minimum Gasteiger partial charge on any atom is -0.393 e. The van der Waals surface area contributed by atoms with Gasteiger partial charge in [-0.25, -0.2) is 4.79 Å². The summed E-state index contributed by atoms with van der Waals surface area (Å²) < 4.78 is 5.72. The van der Waals surface area contributed by atoms with E-state index in [1.807, 2.05) is 6.92 Å². The van der Waals surface area contributed by atoms with Crippen molar-refractivity contribution in [2.45, 2.75) is 58.8 Å². The van der Waals surface area contributed by atoms with Gasteiger partial charge in [0.2, 0.25) is 0 Å². The van der Waals surface area contributed by atoms with Crippen molar-refractivity contribution in [2.75, 3.05) is 13.2 Å². The molecular formula is C15H28N2O3. The molecular weight excluding hydrogens is 256 g/mol. The Morgan fingerprint density at radius 3 is 2.80 bits per heavy atom. The highest BCUT2D eigenvalue weighted by Gasteiger charge is 2.59. The number of fused-ring (bicyclic) bond motifs is 1. The van der Waals surface area contributed by atoms with E-state index in [4.69, 9.17) is 4.74 Å². The van der Waals surface area contributed by atoms with Crippen molar-refractivity contribution in [1.82, 2.24) is 10.6 Å². The minimum absolute atomic E-state index is 0.0176. The summed E-state index contributed by atoms with van der Waals surface area (Å²) in [6, 6.07) is 0.0907. The molecule has 5 heteroatoms. The van der Waals surface area contributed by atoms with E-state index in [2.05, 4.69) is 24.5 Å². The summed E-state index contributed by atoms with van der Waals surface area (Å²) in [5.41, 5.74) is 0.0176. The highest BCUT2D eigenvalue weighted by Crippen LogP contribution is 2.51. The summed E-state index contributed by atoms with van der Waals surface area (Å²) >= 11 is 0. The van der Waals surface area contributed by atoms with Gasteiger partial charge in [0.15, 0.2) is 0 Å². The molecule has 1 aliphatic carbocycles. The van der Waals surface area contributed by atoms with Crippen molar-refractivity contribution >= 4 is 6.03 Å². The topological polar surface area (TPSA) is 70.6 Å². The summed E-state index contributed by atoms with van der Waals surface area (Å²) in [5.74, 6) is 0.739. The highest BCUT2D eigenvalue weighted by molar-refractivity contribution is 5.74. The Labute approximate surface area is 121 Å². The van der Waals surface area contributed by atoms with Crippen LogP contribution in [0.15, 0.2) is 0 Å². The average Bonchev–Trinajstić information content (AvgIpc) is 2.79. The minimum atomic E-state index is -0.322. The van der Waals surface area contributed by atoms with Gasteiger partial charge in [-0.2, -0.15) is 0 Å². The number of carbonyl (C=O) groups excluding carboxylic acids is 1. The molecule has 5 nitrogen and oxygen atoms in total. The van der Waals surface area contributed by atoms with E-state index in [-0.39, 0.29) is 29.5 Å². The normalized spacial score (nSPS) is 33.8. The van der Waals surface area contributed by atoms with Crippen LogP contribution in [0.25, 0.3) is 0 Å². The maximum Gasteiger partial charge on any atom is 0.315 e. The van der Waals surface area contributed by atoms with Crippen molar-refractivity contribution in [2.24, 2.45) is 17.3 Å². The number of aliphatic hydroxyl groups is 1. The summed E-state index contributed by atoms with van der Waals surface area (Å²) in [5, 5.41) is 15.3. The third-order valence-electron chi connectivity index (χ3n) is 4.74. The zero-order valence-corrected chi connectivity index (χ0v) is 13.0. The van der Waals surface area contributed by atoms with Gasteiger partial charge in [-0.1, -0.05) is 20.8 Å². The molecule has 2 amide bonds. The summed E-state index contributed by atoms with van der Waals surface area (Å²) in [6.45, 7) is 9.51. The molecule has 20 heavy (non-hydrogen) atoms. The first kappa shape index (κ1) is 15.6. The molecule has 0 aromatic carbocycles. The van der Waals surface area contributed by atoms with Crippen LogP contribution in [-0.2, 0) is 4.74 Å². The van der Waals surface area contributed by atoms with Crippen molar-refractivity contribution in [3.8, 4) is 0 Å². The summed E-state index contributed by atoms with van der Waals surface area (Å²) in [7, 11) is 0. The smallest absolute Gasteiger partial charge is 0.315 e. The van der Waals surface area contributed by atoms with Gasteiger partial charge in [0, 0.05) is 30.5 Å². The number of hydrogen-bond donors (Lipinski definition) is 3. The first-order valence-corrected chi connectivity index (χ1v) is 7.66. The molecule has 2 rings (SSSR count). The second kappa shape index (κ2) is 5.90. The second-order valence-electron chi connectivity index (χ2n) is 7.09. The van der Waals surface area contributed by atoms with E-state index in [0.29, 0.717) is 25.0 Å². The average molecular weight is 284 g/mol. The lowest BCUT2D eigenvalue weighted by molar-refractivity contribution is -0.108. The highest BCUT2D eigenvalue weighted by atomic mass is 16.5. The number of urea groups is 1. The fourth-order valence-electron chi connectivity index (χ4n) is 3.74. The van der Waals surface area contributed by atoms with Gasteiger partial charge in [-0.15, -0.1) is 0 Å². The Morgan fingerprint density at radius 2 is 2.15 bits per heavy atom. The van der Waals surface area contributed by atoms with Gasteiger partial charge in [0.05, 0.1) is 12.2 Å². The van der Waals surface area contributed by atoms with E-state index >= 15 is 0 Å². The van der Waals surface area contributed by atoms with Crippen LogP contribution in [0.4, 0.5) is 4.79 Å². The third kappa shape index (κ3) is 3.09. The molecule has 116 valence electrons. The van der Waals surface area contributed by atoms with Crippen LogP contribution in [0.5, 0.6) is 0 Å². The summed E-state index contributed by atoms with van der Waals surface area (Å²) in [6.07, 6.45) is 1.71. The van der Waals surface area contributed by atoms with Crippen LogP contribution in [0, 0.1) is 17.3 Å². The van der Waals surface area contributed by atoms with Gasteiger partial charge >= 0.3 is 6.03 Å². The van der Waals surface area contributed by atoms with Crippen LogP contribution < -0.4 is 10.6 Å². The van der Waals surface area contributed by atoms with E-state index in [1.54, 1.807) is 6.92 Å². The number of nitrogens with one attached hydrogen (secondary N) is 2. The quantitative estimate of drug-likeness (QED) is 0.716. The lowest BCUT2D eigenvalue weighted by atomic mass is 9.57. The lowest BCUT2D eigenvalue weighted by Crippen LogP contribution is -2.67. The zero-order valence-electron chi connectivity index (χ0n) is 13.0. The third-order valence-corrected chi connectivity index (χ3v) is 4.74. The predicted octanol–water partition coefficient (Wildman–Crippen LogP) is 1.51. The number of hydrogen-bond acceptors (Lipinski definition) is 3. The molecule has 1 heterocycles. The van der Waals surface area contributed by atoms with Gasteiger partial charge in [0.1, 0.15) is 0 Å². The molecule has 2 aliphatic rings. The number of amides is 2. The number of rotatable bonds is 5. The molecule has 2 fully saturated rings. The maximum absolute atomic E-state index is 12.0. The molecule has 0 aromatic rings. The lowest BCUT2D eigenvalue weighted by Gasteiger charge is -2.54. The van der Waals surface area contributed by atoms with E-state index in [1.165, 1.54) is 0 Å². The van der Waals surface area contributed by atoms with Gasteiger partial charge in [0.25, 0.3) is 0 Å². The Kier molecular flexibility index (Phi) is 4.59. The van der Waals surface area contributed by atoms with Crippen LogP contribution in [-0.4, -0.2) is 42.5 Å². The van der Waals surface area contributed by atoms with Gasteiger partial charge in [-0.3, -0.25) is 0 Å². The van der Waals surface area contributed by atoms with E-state index < -0.39 is 0 Å². The molecule has 5 unspecified atom stereocenters. The zero-order chi connectivity index (χ0) is 14.9. The molecule has 0 spiro atoms. The first-order valence-electron chi connectivity index (χ1n) is 7.66. The molecule has 1 aliphatic heterocycles. The molecule has 0 bridgehead atoms. The van der Waals surface area contributed by atoms with Crippen molar-refractivity contribution in [3.63, 3.8) is 0 Å². The molecule has 3 N–H and O–H groups in total. The predicted molar refractivity (Wildman–Crippen MR) is 77.4 cm³/mol. The van der Waals surface area contributed by atoms with Crippen molar-refractivity contribution in [1.29, 1.82) is 0 Å². The fourth-order valence-corrected chi connectivity index (χ4v) is 3.74. The van der Waals surface area contributed by atoms with Gasteiger partial charge < -0.3 is 20.5 Å². The molecule has 1 saturated carbocycles. The molecule has 0 aromatic heterocycles. The fraction of sp³-hybridized carbons (Fsp3) is 0.933. The molecule has 0 radical (unpaired) electrons. The molecule has 5 atom stereocenters. The SMILES string of the molecule is CC(O)CC(C)CNC(=O)NC1C2CCOC2C1(C)C. The Balaban J connectivity index is 1.75.